The number of hydrogen-bond acceptors (Lipinski definition) is 2. The van der Waals surface area contributed by atoms with Gasteiger partial charge in [-0.2, -0.15) is 0 Å². The molecule has 2 aromatic rings. The summed E-state index contributed by atoms with van der Waals surface area (Å²) < 4.78 is 5.96. The molecule has 0 fully saturated rings. The molecular formula is C17H21NO. The second-order valence-corrected chi connectivity index (χ2v) is 4.87. The van der Waals surface area contributed by atoms with Crippen LogP contribution in [0.2, 0.25) is 0 Å². The average molecular weight is 255 g/mol. The van der Waals surface area contributed by atoms with Crippen LogP contribution in [0.3, 0.4) is 0 Å². The third kappa shape index (κ3) is 3.58. The summed E-state index contributed by atoms with van der Waals surface area (Å²) in [6.45, 7) is 5.44. The third-order valence-corrected chi connectivity index (χ3v) is 3.27. The minimum absolute atomic E-state index is 0.604. The lowest BCUT2D eigenvalue weighted by Crippen LogP contribution is -2.06. The van der Waals surface area contributed by atoms with Gasteiger partial charge < -0.3 is 10.5 Å². The predicted molar refractivity (Wildman–Crippen MR) is 79.4 cm³/mol. The van der Waals surface area contributed by atoms with Gasteiger partial charge in [0.15, 0.2) is 0 Å². The fourth-order valence-electron chi connectivity index (χ4n) is 2.13. The van der Waals surface area contributed by atoms with E-state index in [4.69, 9.17) is 10.5 Å². The van der Waals surface area contributed by atoms with Crippen molar-refractivity contribution in [2.75, 3.05) is 6.54 Å². The van der Waals surface area contributed by atoms with Crippen LogP contribution in [0.15, 0.2) is 42.5 Å². The van der Waals surface area contributed by atoms with Crippen LogP contribution >= 0.6 is 0 Å². The summed E-state index contributed by atoms with van der Waals surface area (Å²) in [5, 5.41) is 0. The van der Waals surface area contributed by atoms with Crippen LogP contribution in [-0.2, 0) is 13.0 Å². The van der Waals surface area contributed by atoms with E-state index in [0.717, 1.165) is 12.2 Å². The molecule has 19 heavy (non-hydrogen) atoms. The van der Waals surface area contributed by atoms with Crippen LogP contribution < -0.4 is 10.5 Å². The molecule has 0 radical (unpaired) electrons. The molecule has 2 rings (SSSR count). The van der Waals surface area contributed by atoms with E-state index in [1.807, 2.05) is 18.2 Å². The summed E-state index contributed by atoms with van der Waals surface area (Å²) in [6.07, 6.45) is 0.852. The van der Waals surface area contributed by atoms with Crippen LogP contribution in [0.25, 0.3) is 0 Å². The lowest BCUT2D eigenvalue weighted by atomic mass is 10.1. The van der Waals surface area contributed by atoms with E-state index in [-0.39, 0.29) is 0 Å². The number of hydrogen-bond donors (Lipinski definition) is 1. The highest BCUT2D eigenvalue weighted by molar-refractivity contribution is 5.37. The SMILES string of the molecule is Cc1ccc(OCc2ccccc2C)c(CCN)c1. The van der Waals surface area contributed by atoms with E-state index in [1.54, 1.807) is 0 Å². The Bertz CT molecular complexity index is 549. The number of nitrogens with two attached hydrogens (primary N) is 1. The van der Waals surface area contributed by atoms with Gasteiger partial charge in [0.05, 0.1) is 0 Å². The highest BCUT2D eigenvalue weighted by Crippen LogP contribution is 2.22. The molecule has 0 aromatic heterocycles. The van der Waals surface area contributed by atoms with E-state index in [1.165, 1.54) is 22.3 Å². The van der Waals surface area contributed by atoms with E-state index >= 15 is 0 Å². The highest BCUT2D eigenvalue weighted by Gasteiger charge is 2.05. The fourth-order valence-corrected chi connectivity index (χ4v) is 2.13. The molecule has 0 aliphatic carbocycles. The monoisotopic (exact) mass is 255 g/mol. The summed E-state index contributed by atoms with van der Waals surface area (Å²) in [6, 6.07) is 14.6. The molecule has 0 saturated carbocycles. The van der Waals surface area contributed by atoms with Crippen molar-refractivity contribution in [3.05, 3.63) is 64.7 Å². The van der Waals surface area contributed by atoms with Gasteiger partial charge in [-0.3, -0.25) is 0 Å². The third-order valence-electron chi connectivity index (χ3n) is 3.27. The van der Waals surface area contributed by atoms with Crippen LogP contribution in [0.4, 0.5) is 0 Å². The number of ether oxygens (including phenoxy) is 1. The first-order valence-corrected chi connectivity index (χ1v) is 6.67. The van der Waals surface area contributed by atoms with Gasteiger partial charge in [0.1, 0.15) is 12.4 Å². The zero-order valence-electron chi connectivity index (χ0n) is 11.6. The maximum Gasteiger partial charge on any atom is 0.123 e. The molecule has 0 aliphatic rings. The predicted octanol–water partition coefficient (Wildman–Crippen LogP) is 3.38. The molecule has 100 valence electrons. The first-order valence-electron chi connectivity index (χ1n) is 6.67. The van der Waals surface area contributed by atoms with Crippen LogP contribution in [0.5, 0.6) is 5.75 Å². The van der Waals surface area contributed by atoms with Crippen molar-refractivity contribution in [2.45, 2.75) is 26.9 Å². The molecule has 0 bridgehead atoms. The lowest BCUT2D eigenvalue weighted by Gasteiger charge is -2.13. The summed E-state index contributed by atoms with van der Waals surface area (Å²) in [7, 11) is 0. The molecule has 0 saturated heterocycles. The molecule has 2 heteroatoms. The minimum Gasteiger partial charge on any atom is -0.489 e. The van der Waals surface area contributed by atoms with Crippen LogP contribution in [0.1, 0.15) is 22.3 Å². The average Bonchev–Trinajstić information content (AvgIpc) is 2.40. The van der Waals surface area contributed by atoms with Crippen LogP contribution in [-0.4, -0.2) is 6.54 Å². The fraction of sp³-hybridized carbons (Fsp3) is 0.294. The molecule has 0 amide bonds. The Balaban J connectivity index is 2.13. The van der Waals surface area contributed by atoms with E-state index in [2.05, 4.69) is 38.1 Å². The molecule has 2 aromatic carbocycles. The Morgan fingerprint density at radius 2 is 1.79 bits per heavy atom. The first-order chi connectivity index (χ1) is 9.20. The molecule has 2 nitrogen and oxygen atoms in total. The van der Waals surface area contributed by atoms with Crippen molar-refractivity contribution >= 4 is 0 Å². The largest absolute Gasteiger partial charge is 0.489 e. The van der Waals surface area contributed by atoms with Crippen molar-refractivity contribution in [3.8, 4) is 5.75 Å². The van der Waals surface area contributed by atoms with Crippen molar-refractivity contribution in [3.63, 3.8) is 0 Å². The minimum atomic E-state index is 0.604. The zero-order valence-corrected chi connectivity index (χ0v) is 11.6. The van der Waals surface area contributed by atoms with Crippen LogP contribution in [0, 0.1) is 13.8 Å². The van der Waals surface area contributed by atoms with Crippen molar-refractivity contribution in [2.24, 2.45) is 5.73 Å². The molecule has 0 atom stereocenters. The quantitative estimate of drug-likeness (QED) is 0.889. The van der Waals surface area contributed by atoms with E-state index < -0.39 is 0 Å². The van der Waals surface area contributed by atoms with Crippen molar-refractivity contribution < 1.29 is 4.74 Å². The molecule has 2 N–H and O–H groups in total. The first kappa shape index (κ1) is 13.6. The Morgan fingerprint density at radius 1 is 1.00 bits per heavy atom. The normalized spacial score (nSPS) is 10.5. The van der Waals surface area contributed by atoms with E-state index in [9.17, 15) is 0 Å². The number of benzene rings is 2. The Labute approximate surface area is 115 Å². The molecule has 0 spiro atoms. The van der Waals surface area contributed by atoms with Gasteiger partial charge >= 0.3 is 0 Å². The van der Waals surface area contributed by atoms with Gasteiger partial charge in [-0.1, -0.05) is 42.0 Å². The maximum absolute atomic E-state index is 5.96. The van der Waals surface area contributed by atoms with Gasteiger partial charge in [0.2, 0.25) is 0 Å². The molecule has 0 heterocycles. The van der Waals surface area contributed by atoms with E-state index in [0.29, 0.717) is 13.2 Å². The zero-order chi connectivity index (χ0) is 13.7. The smallest absolute Gasteiger partial charge is 0.123 e. The molecule has 0 unspecified atom stereocenters. The number of rotatable bonds is 5. The van der Waals surface area contributed by atoms with Gasteiger partial charge in [-0.25, -0.2) is 0 Å². The van der Waals surface area contributed by atoms with Gasteiger partial charge in [0, 0.05) is 0 Å². The summed E-state index contributed by atoms with van der Waals surface area (Å²) in [4.78, 5) is 0. The standard InChI is InChI=1S/C17H21NO/c1-13-7-8-17(15(11-13)9-10-18)19-12-16-6-4-3-5-14(16)2/h3-8,11H,9-10,12,18H2,1-2H3. The van der Waals surface area contributed by atoms with Gasteiger partial charge in [-0.05, 0) is 49.6 Å². The molecular weight excluding hydrogens is 234 g/mol. The summed E-state index contributed by atoms with van der Waals surface area (Å²) in [5.74, 6) is 0.944. The summed E-state index contributed by atoms with van der Waals surface area (Å²) in [5.41, 5.74) is 10.6. The second-order valence-electron chi connectivity index (χ2n) is 4.87. The molecule has 0 aliphatic heterocycles. The Morgan fingerprint density at radius 3 is 2.53 bits per heavy atom. The second kappa shape index (κ2) is 6.39. The van der Waals surface area contributed by atoms with Gasteiger partial charge in [-0.15, -0.1) is 0 Å². The van der Waals surface area contributed by atoms with Crippen molar-refractivity contribution in [1.29, 1.82) is 0 Å². The summed E-state index contributed by atoms with van der Waals surface area (Å²) >= 11 is 0. The maximum atomic E-state index is 5.96. The topological polar surface area (TPSA) is 35.2 Å². The number of aryl methyl sites for hydroxylation is 2. The lowest BCUT2D eigenvalue weighted by molar-refractivity contribution is 0.302. The van der Waals surface area contributed by atoms with Gasteiger partial charge in [0.25, 0.3) is 0 Å². The van der Waals surface area contributed by atoms with Crippen molar-refractivity contribution in [1.82, 2.24) is 0 Å². The Kier molecular flexibility index (Phi) is 4.58. The Hall–Kier alpha value is -1.80. The highest BCUT2D eigenvalue weighted by atomic mass is 16.5.